The Labute approximate surface area is 121 Å². The Morgan fingerprint density at radius 1 is 1.30 bits per heavy atom. The first kappa shape index (κ1) is 16.8. The first-order valence-corrected chi connectivity index (χ1v) is 7.64. The lowest BCUT2D eigenvalue weighted by Crippen LogP contribution is -2.50. The predicted octanol–water partition coefficient (Wildman–Crippen LogP) is 2.61. The summed E-state index contributed by atoms with van der Waals surface area (Å²) in [5, 5.41) is 14.6. The second-order valence-electron chi connectivity index (χ2n) is 6.35. The smallest absolute Gasteiger partial charge is 0.326 e. The van der Waals surface area contributed by atoms with Crippen molar-refractivity contribution in [2.75, 3.05) is 0 Å². The summed E-state index contributed by atoms with van der Waals surface area (Å²) in [5.41, 5.74) is 0. The Morgan fingerprint density at radius 3 is 2.40 bits per heavy atom. The van der Waals surface area contributed by atoms with Gasteiger partial charge in [-0.3, -0.25) is 0 Å². The van der Waals surface area contributed by atoms with E-state index in [0.717, 1.165) is 19.3 Å². The van der Waals surface area contributed by atoms with Gasteiger partial charge >= 0.3 is 12.0 Å². The molecule has 4 atom stereocenters. The first-order chi connectivity index (χ1) is 9.35. The quantitative estimate of drug-likeness (QED) is 0.701. The molecule has 0 aromatic carbocycles. The van der Waals surface area contributed by atoms with Crippen molar-refractivity contribution in [2.45, 2.75) is 65.5 Å². The lowest BCUT2D eigenvalue weighted by molar-refractivity contribution is -0.139. The third-order valence-electron chi connectivity index (χ3n) is 4.38. The summed E-state index contributed by atoms with van der Waals surface area (Å²) in [6, 6.07) is -1.01. The number of hydrogen-bond acceptors (Lipinski definition) is 2. The van der Waals surface area contributed by atoms with Crippen LogP contribution in [-0.4, -0.2) is 29.2 Å². The van der Waals surface area contributed by atoms with Crippen molar-refractivity contribution in [1.82, 2.24) is 10.6 Å². The second kappa shape index (κ2) is 7.50. The van der Waals surface area contributed by atoms with E-state index in [4.69, 9.17) is 5.11 Å². The molecule has 0 spiro atoms. The van der Waals surface area contributed by atoms with Crippen LogP contribution in [0, 0.1) is 17.8 Å². The summed E-state index contributed by atoms with van der Waals surface area (Å²) >= 11 is 0. The van der Waals surface area contributed by atoms with Crippen LogP contribution >= 0.6 is 0 Å². The highest BCUT2D eigenvalue weighted by molar-refractivity contribution is 5.82. The van der Waals surface area contributed by atoms with E-state index in [2.05, 4.69) is 24.5 Å². The zero-order valence-corrected chi connectivity index (χ0v) is 13.0. The monoisotopic (exact) mass is 284 g/mol. The Hall–Kier alpha value is -1.26. The van der Waals surface area contributed by atoms with Gasteiger partial charge in [0, 0.05) is 6.04 Å². The van der Waals surface area contributed by atoms with E-state index >= 15 is 0 Å². The van der Waals surface area contributed by atoms with Gasteiger partial charge in [-0.25, -0.2) is 9.59 Å². The largest absolute Gasteiger partial charge is 0.480 e. The van der Waals surface area contributed by atoms with Crippen LogP contribution in [0.3, 0.4) is 0 Å². The van der Waals surface area contributed by atoms with Gasteiger partial charge in [0.1, 0.15) is 6.04 Å². The number of carbonyl (C=O) groups is 2. The number of carboxylic acid groups (broad SMARTS) is 1. The van der Waals surface area contributed by atoms with Crippen molar-refractivity contribution in [3.63, 3.8) is 0 Å². The van der Waals surface area contributed by atoms with Crippen molar-refractivity contribution in [3.05, 3.63) is 0 Å². The molecule has 0 saturated heterocycles. The minimum atomic E-state index is -0.972. The molecule has 1 rings (SSSR count). The fourth-order valence-corrected chi connectivity index (χ4v) is 3.09. The molecule has 1 fully saturated rings. The number of nitrogens with one attached hydrogen (secondary N) is 2. The maximum absolute atomic E-state index is 12.0. The van der Waals surface area contributed by atoms with E-state index in [1.165, 1.54) is 0 Å². The molecule has 1 aliphatic rings. The van der Waals surface area contributed by atoms with Crippen LogP contribution in [0.5, 0.6) is 0 Å². The molecule has 0 aliphatic heterocycles. The number of rotatable bonds is 6. The molecule has 116 valence electrons. The number of hydrogen-bond donors (Lipinski definition) is 3. The van der Waals surface area contributed by atoms with Crippen LogP contribution in [-0.2, 0) is 4.79 Å². The fraction of sp³-hybridized carbons (Fsp3) is 0.867. The van der Waals surface area contributed by atoms with Gasteiger partial charge in [-0.05, 0) is 37.0 Å². The highest BCUT2D eigenvalue weighted by Gasteiger charge is 2.33. The van der Waals surface area contributed by atoms with Gasteiger partial charge < -0.3 is 15.7 Å². The Balaban J connectivity index is 2.48. The van der Waals surface area contributed by atoms with Crippen molar-refractivity contribution in [2.24, 2.45) is 17.8 Å². The number of aliphatic carboxylic acids is 1. The molecule has 4 unspecified atom stereocenters. The van der Waals surface area contributed by atoms with E-state index in [-0.39, 0.29) is 18.0 Å². The summed E-state index contributed by atoms with van der Waals surface area (Å²) < 4.78 is 0. The molecule has 0 radical (unpaired) electrons. The normalized spacial score (nSPS) is 27.4. The Bertz CT molecular complexity index is 344. The average Bonchev–Trinajstić information content (AvgIpc) is 2.69. The van der Waals surface area contributed by atoms with Crippen LogP contribution in [0.25, 0.3) is 0 Å². The highest BCUT2D eigenvalue weighted by atomic mass is 16.4. The topological polar surface area (TPSA) is 78.4 Å². The van der Waals surface area contributed by atoms with Crippen molar-refractivity contribution < 1.29 is 14.7 Å². The van der Waals surface area contributed by atoms with Crippen LogP contribution < -0.4 is 10.6 Å². The maximum atomic E-state index is 12.0. The lowest BCUT2D eigenvalue weighted by atomic mass is 9.93. The van der Waals surface area contributed by atoms with Crippen LogP contribution in [0.4, 0.5) is 4.79 Å². The summed E-state index contributed by atoms with van der Waals surface area (Å²) in [6.45, 7) is 8.22. The lowest BCUT2D eigenvalue weighted by Gasteiger charge is -2.23. The van der Waals surface area contributed by atoms with Crippen LogP contribution in [0.1, 0.15) is 53.4 Å². The van der Waals surface area contributed by atoms with E-state index in [0.29, 0.717) is 18.3 Å². The van der Waals surface area contributed by atoms with Gasteiger partial charge in [0.25, 0.3) is 0 Å². The van der Waals surface area contributed by atoms with E-state index in [1.807, 2.05) is 13.8 Å². The molecule has 0 aromatic rings. The molecule has 0 heterocycles. The predicted molar refractivity (Wildman–Crippen MR) is 78.5 cm³/mol. The molecule has 0 aromatic heterocycles. The maximum Gasteiger partial charge on any atom is 0.326 e. The second-order valence-corrected chi connectivity index (χ2v) is 6.35. The van der Waals surface area contributed by atoms with Crippen molar-refractivity contribution in [1.29, 1.82) is 0 Å². The molecule has 2 amide bonds. The Kier molecular flexibility index (Phi) is 6.30. The number of carbonyl (C=O) groups excluding carboxylic acids is 1. The minimum Gasteiger partial charge on any atom is -0.480 e. The molecular formula is C15H28N2O3. The van der Waals surface area contributed by atoms with Crippen molar-refractivity contribution in [3.8, 4) is 0 Å². The van der Waals surface area contributed by atoms with Gasteiger partial charge in [0.2, 0.25) is 0 Å². The number of amides is 2. The fourth-order valence-electron chi connectivity index (χ4n) is 3.09. The summed E-state index contributed by atoms with van der Waals surface area (Å²) in [5.74, 6) is 0.372. The summed E-state index contributed by atoms with van der Waals surface area (Å²) in [4.78, 5) is 23.1. The standard InChI is InChI=1S/C15H28N2O3/c1-5-11-6-7-12(10(11)4)16-15(20)17-13(14(18)19)8-9(2)3/h9-13H,5-8H2,1-4H3,(H,18,19)(H2,16,17,20). The molecule has 20 heavy (non-hydrogen) atoms. The third kappa shape index (κ3) is 4.69. The molecular weight excluding hydrogens is 256 g/mol. The molecule has 3 N–H and O–H groups in total. The average molecular weight is 284 g/mol. The first-order valence-electron chi connectivity index (χ1n) is 7.64. The van der Waals surface area contributed by atoms with Crippen LogP contribution in [0.2, 0.25) is 0 Å². The number of carboxylic acids is 1. The van der Waals surface area contributed by atoms with Gasteiger partial charge in [-0.1, -0.05) is 34.1 Å². The molecule has 0 bridgehead atoms. The zero-order chi connectivity index (χ0) is 15.3. The van der Waals surface area contributed by atoms with E-state index in [9.17, 15) is 9.59 Å². The molecule has 5 nitrogen and oxygen atoms in total. The van der Waals surface area contributed by atoms with Gasteiger partial charge in [-0.2, -0.15) is 0 Å². The van der Waals surface area contributed by atoms with Crippen molar-refractivity contribution >= 4 is 12.0 Å². The van der Waals surface area contributed by atoms with Gasteiger partial charge in [0.05, 0.1) is 0 Å². The molecule has 1 saturated carbocycles. The summed E-state index contributed by atoms with van der Waals surface area (Å²) in [7, 11) is 0. The van der Waals surface area contributed by atoms with E-state index in [1.54, 1.807) is 0 Å². The SMILES string of the molecule is CCC1CCC(NC(=O)NC(CC(C)C)C(=O)O)C1C. The molecule has 1 aliphatic carbocycles. The number of urea groups is 1. The van der Waals surface area contributed by atoms with Gasteiger partial charge in [-0.15, -0.1) is 0 Å². The van der Waals surface area contributed by atoms with Crippen LogP contribution in [0.15, 0.2) is 0 Å². The summed E-state index contributed by atoms with van der Waals surface area (Å²) in [6.07, 6.45) is 3.69. The third-order valence-corrected chi connectivity index (χ3v) is 4.38. The minimum absolute atomic E-state index is 0.161. The Morgan fingerprint density at radius 2 is 1.95 bits per heavy atom. The highest BCUT2D eigenvalue weighted by Crippen LogP contribution is 2.33. The zero-order valence-electron chi connectivity index (χ0n) is 13.0. The van der Waals surface area contributed by atoms with E-state index < -0.39 is 12.0 Å². The molecule has 5 heteroatoms. The van der Waals surface area contributed by atoms with Gasteiger partial charge in [0.15, 0.2) is 0 Å².